The number of aliphatic hydroxyl groups excluding tert-OH is 1. The SMILES string of the molecule is CC(O)C(C(=O)[C@H](CC(N)=O)NC(=O)c1ccc2ccccc2n1)C(N)c1ccc(OCc2ccccc2)cc1. The van der Waals surface area contributed by atoms with Crippen LogP contribution in [-0.2, 0) is 16.2 Å². The van der Waals surface area contributed by atoms with E-state index in [4.69, 9.17) is 16.2 Å². The Kier molecular flexibility index (Phi) is 9.21. The standard InChI is InChI=1S/C31H32N4O5/c1-19(36)28(29(33)22-11-14-23(15-12-22)40-18-20-7-3-2-4-8-20)30(38)26(17-27(32)37)35-31(39)25-16-13-21-9-5-6-10-24(21)34-25/h2-16,19,26,28-29,36H,17-18,33H2,1H3,(H2,32,37)(H,35,39)/t19?,26-,28?,29?/m0/s1. The molecule has 4 aromatic rings. The number of carbonyl (C=O) groups is 3. The largest absolute Gasteiger partial charge is 0.489 e. The molecule has 0 aliphatic rings. The van der Waals surface area contributed by atoms with Crippen LogP contribution in [0.4, 0.5) is 0 Å². The van der Waals surface area contributed by atoms with Crippen molar-refractivity contribution in [1.82, 2.24) is 10.3 Å². The number of aliphatic hydroxyl groups is 1. The van der Waals surface area contributed by atoms with Crippen molar-refractivity contribution in [2.75, 3.05) is 0 Å². The Morgan fingerprint density at radius 1 is 0.925 bits per heavy atom. The average Bonchev–Trinajstić information content (AvgIpc) is 2.95. The molecule has 6 N–H and O–H groups in total. The Hall–Kier alpha value is -4.60. The molecule has 0 spiro atoms. The number of aromatic nitrogens is 1. The van der Waals surface area contributed by atoms with E-state index in [1.807, 2.05) is 42.5 Å². The van der Waals surface area contributed by atoms with Gasteiger partial charge < -0.3 is 26.6 Å². The van der Waals surface area contributed by atoms with E-state index in [-0.39, 0.29) is 5.69 Å². The minimum Gasteiger partial charge on any atom is -0.489 e. The first-order chi connectivity index (χ1) is 19.2. The Balaban J connectivity index is 1.49. The lowest BCUT2D eigenvalue weighted by molar-refractivity contribution is -0.131. The van der Waals surface area contributed by atoms with Gasteiger partial charge in [0.1, 0.15) is 18.1 Å². The quantitative estimate of drug-likeness (QED) is 0.215. The number of carbonyl (C=O) groups excluding carboxylic acids is 3. The van der Waals surface area contributed by atoms with Crippen LogP contribution in [0.5, 0.6) is 5.75 Å². The molecular formula is C31H32N4O5. The lowest BCUT2D eigenvalue weighted by Gasteiger charge is -2.29. The van der Waals surface area contributed by atoms with Crippen molar-refractivity contribution >= 4 is 28.5 Å². The number of nitrogens with zero attached hydrogens (tertiary/aromatic N) is 1. The third-order valence-electron chi connectivity index (χ3n) is 6.63. The maximum atomic E-state index is 13.6. The van der Waals surface area contributed by atoms with Crippen LogP contribution in [-0.4, -0.2) is 39.8 Å². The number of primary amides is 1. The third-order valence-corrected chi connectivity index (χ3v) is 6.63. The van der Waals surface area contributed by atoms with Crippen molar-refractivity contribution in [3.8, 4) is 5.75 Å². The predicted octanol–water partition coefficient (Wildman–Crippen LogP) is 3.05. The number of benzene rings is 3. The van der Waals surface area contributed by atoms with E-state index >= 15 is 0 Å². The van der Waals surface area contributed by atoms with Crippen molar-refractivity contribution in [2.24, 2.45) is 17.4 Å². The van der Waals surface area contributed by atoms with E-state index in [2.05, 4.69) is 10.3 Å². The zero-order valence-corrected chi connectivity index (χ0v) is 22.1. The van der Waals surface area contributed by atoms with E-state index in [1.165, 1.54) is 13.0 Å². The van der Waals surface area contributed by atoms with Gasteiger partial charge in [-0.15, -0.1) is 0 Å². The summed E-state index contributed by atoms with van der Waals surface area (Å²) in [7, 11) is 0. The van der Waals surface area contributed by atoms with Crippen LogP contribution in [0.1, 0.15) is 41.0 Å². The summed E-state index contributed by atoms with van der Waals surface area (Å²) in [6, 6.07) is 24.9. The predicted molar refractivity (Wildman–Crippen MR) is 151 cm³/mol. The van der Waals surface area contributed by atoms with Crippen LogP contribution in [0.25, 0.3) is 10.9 Å². The maximum absolute atomic E-state index is 13.6. The molecule has 0 saturated heterocycles. The second-order valence-corrected chi connectivity index (χ2v) is 9.62. The summed E-state index contributed by atoms with van der Waals surface area (Å²) in [6.45, 7) is 1.83. The molecule has 1 aromatic heterocycles. The van der Waals surface area contributed by atoms with Crippen LogP contribution in [0.2, 0.25) is 0 Å². The van der Waals surface area contributed by atoms with Crippen molar-refractivity contribution in [1.29, 1.82) is 0 Å². The van der Waals surface area contributed by atoms with Gasteiger partial charge in [0.2, 0.25) is 5.91 Å². The maximum Gasteiger partial charge on any atom is 0.270 e. The van der Waals surface area contributed by atoms with Gasteiger partial charge in [-0.2, -0.15) is 0 Å². The number of rotatable bonds is 12. The van der Waals surface area contributed by atoms with Gasteiger partial charge in [-0.3, -0.25) is 14.4 Å². The molecule has 1 heterocycles. The minimum atomic E-state index is -1.31. The molecule has 0 bridgehead atoms. The Morgan fingerprint density at radius 2 is 1.60 bits per heavy atom. The van der Waals surface area contributed by atoms with Crippen molar-refractivity contribution in [2.45, 2.75) is 38.1 Å². The zero-order chi connectivity index (χ0) is 28.6. The molecule has 9 nitrogen and oxygen atoms in total. The molecular weight excluding hydrogens is 508 g/mol. The van der Waals surface area contributed by atoms with Gasteiger partial charge in [0.05, 0.1) is 30.0 Å². The molecule has 9 heteroatoms. The summed E-state index contributed by atoms with van der Waals surface area (Å²) >= 11 is 0. The fourth-order valence-electron chi connectivity index (χ4n) is 4.53. The number of para-hydroxylation sites is 1. The Morgan fingerprint density at radius 3 is 2.27 bits per heavy atom. The van der Waals surface area contributed by atoms with E-state index in [0.717, 1.165) is 10.9 Å². The summed E-state index contributed by atoms with van der Waals surface area (Å²) < 4.78 is 5.81. The third kappa shape index (κ3) is 7.07. The molecule has 0 fully saturated rings. The second kappa shape index (κ2) is 13.0. The Bertz CT molecular complexity index is 1470. The van der Waals surface area contributed by atoms with Crippen LogP contribution in [0, 0.1) is 5.92 Å². The molecule has 0 aliphatic carbocycles. The molecule has 4 rings (SSSR count). The topological polar surface area (TPSA) is 158 Å². The number of nitrogens with two attached hydrogens (primary N) is 2. The van der Waals surface area contributed by atoms with Crippen molar-refractivity contribution < 1.29 is 24.2 Å². The fourth-order valence-corrected chi connectivity index (χ4v) is 4.53. The van der Waals surface area contributed by atoms with E-state index in [0.29, 0.717) is 23.4 Å². The van der Waals surface area contributed by atoms with Crippen LogP contribution in [0.3, 0.4) is 0 Å². The smallest absolute Gasteiger partial charge is 0.270 e. The lowest BCUT2D eigenvalue weighted by atomic mass is 9.82. The van der Waals surface area contributed by atoms with Gasteiger partial charge in [-0.05, 0) is 42.3 Å². The van der Waals surface area contributed by atoms with Crippen molar-refractivity contribution in [3.05, 3.63) is 108 Å². The first-order valence-corrected chi connectivity index (χ1v) is 12.9. The van der Waals surface area contributed by atoms with Crippen LogP contribution in [0.15, 0.2) is 91.0 Å². The molecule has 3 unspecified atom stereocenters. The fraction of sp³-hybridized carbons (Fsp3) is 0.226. The number of ketones is 1. The highest BCUT2D eigenvalue weighted by atomic mass is 16.5. The van der Waals surface area contributed by atoms with E-state index < -0.39 is 48.1 Å². The van der Waals surface area contributed by atoms with Gasteiger partial charge in [0.15, 0.2) is 5.78 Å². The number of hydrogen-bond acceptors (Lipinski definition) is 7. The van der Waals surface area contributed by atoms with Gasteiger partial charge in [-0.1, -0.05) is 66.7 Å². The number of hydrogen-bond donors (Lipinski definition) is 4. The van der Waals surface area contributed by atoms with Gasteiger partial charge in [0, 0.05) is 11.4 Å². The normalized spacial score (nSPS) is 14.1. The first-order valence-electron chi connectivity index (χ1n) is 12.9. The summed E-state index contributed by atoms with van der Waals surface area (Å²) in [6.07, 6.45) is -1.64. The molecule has 0 saturated carbocycles. The minimum absolute atomic E-state index is 0.0740. The van der Waals surface area contributed by atoms with Gasteiger partial charge in [-0.25, -0.2) is 4.98 Å². The van der Waals surface area contributed by atoms with Gasteiger partial charge >= 0.3 is 0 Å². The van der Waals surface area contributed by atoms with Crippen molar-refractivity contribution in [3.63, 3.8) is 0 Å². The molecule has 4 atom stereocenters. The van der Waals surface area contributed by atoms with Gasteiger partial charge in [0.25, 0.3) is 5.91 Å². The number of amides is 2. The molecule has 2 amide bonds. The zero-order valence-electron chi connectivity index (χ0n) is 22.1. The molecule has 3 aromatic carbocycles. The molecule has 40 heavy (non-hydrogen) atoms. The lowest BCUT2D eigenvalue weighted by Crippen LogP contribution is -2.50. The average molecular weight is 541 g/mol. The highest BCUT2D eigenvalue weighted by Crippen LogP contribution is 2.27. The summed E-state index contributed by atoms with van der Waals surface area (Å²) in [5.74, 6) is -2.57. The van der Waals surface area contributed by atoms with E-state index in [1.54, 1.807) is 42.5 Å². The van der Waals surface area contributed by atoms with Crippen LogP contribution < -0.4 is 21.5 Å². The number of nitrogens with one attached hydrogen (secondary N) is 1. The Labute approximate surface area is 232 Å². The molecule has 206 valence electrons. The number of fused-ring (bicyclic) bond motifs is 1. The summed E-state index contributed by atoms with van der Waals surface area (Å²) in [4.78, 5) is 42.8. The van der Waals surface area contributed by atoms with E-state index in [9.17, 15) is 19.5 Å². The molecule has 0 radical (unpaired) electrons. The number of Topliss-reactive ketones (excluding diaryl/α,β-unsaturated/α-hetero) is 1. The summed E-state index contributed by atoms with van der Waals surface area (Å²) in [5, 5.41) is 14.0. The highest BCUT2D eigenvalue weighted by Gasteiger charge is 2.37. The number of pyridine rings is 1. The van der Waals surface area contributed by atoms with Crippen LogP contribution >= 0.6 is 0 Å². The summed E-state index contributed by atoms with van der Waals surface area (Å²) in [5.41, 5.74) is 14.1. The highest BCUT2D eigenvalue weighted by molar-refractivity contribution is 6.00. The monoisotopic (exact) mass is 540 g/mol. The molecule has 0 aliphatic heterocycles. The number of ether oxygens (including phenoxy) is 1. The second-order valence-electron chi connectivity index (χ2n) is 9.62. The first kappa shape index (κ1) is 28.4.